The number of aryl methyl sites for hydroxylation is 1. The van der Waals surface area contributed by atoms with Crippen molar-refractivity contribution in [2.75, 3.05) is 0 Å². The van der Waals surface area contributed by atoms with Crippen LogP contribution in [0.5, 0.6) is 0 Å². The molecule has 1 rings (SSSR count). The maximum atomic E-state index is 5.77. The lowest BCUT2D eigenvalue weighted by molar-refractivity contribution is 0.705. The zero-order valence-electron chi connectivity index (χ0n) is 9.97. The highest BCUT2D eigenvalue weighted by atomic mass is 15.5. The van der Waals surface area contributed by atoms with Gasteiger partial charge in [0.2, 0.25) is 0 Å². The predicted molar refractivity (Wildman–Crippen MR) is 63.5 cm³/mol. The van der Waals surface area contributed by atoms with Gasteiger partial charge in [-0.2, -0.15) is 0 Å². The van der Waals surface area contributed by atoms with E-state index in [0.29, 0.717) is 11.5 Å². The van der Waals surface area contributed by atoms with Gasteiger partial charge in [-0.15, -0.1) is 5.10 Å². The summed E-state index contributed by atoms with van der Waals surface area (Å²) < 4.78 is 1.56. The van der Waals surface area contributed by atoms with Crippen molar-refractivity contribution in [3.8, 4) is 0 Å². The van der Waals surface area contributed by atoms with Crippen molar-refractivity contribution in [2.24, 2.45) is 17.8 Å². The van der Waals surface area contributed by atoms with Crippen molar-refractivity contribution in [3.05, 3.63) is 23.3 Å². The number of aromatic nitrogens is 4. The lowest BCUT2D eigenvalue weighted by atomic mass is 10.2. The van der Waals surface area contributed by atoms with Crippen LogP contribution in [-0.4, -0.2) is 26.4 Å². The number of tetrazole rings is 1. The first-order valence-electron chi connectivity index (χ1n) is 4.88. The summed E-state index contributed by atoms with van der Waals surface area (Å²) >= 11 is 0. The third kappa shape index (κ3) is 3.01. The topological polar surface area (TPSA) is 82.0 Å². The fraction of sp³-hybridized carbons (Fsp3) is 0.400. The molecule has 6 nitrogen and oxygen atoms in total. The molecule has 0 aliphatic heterocycles. The molecule has 0 fully saturated rings. The molecule has 0 aliphatic carbocycles. The van der Waals surface area contributed by atoms with Gasteiger partial charge in [0, 0.05) is 25.2 Å². The molecule has 2 N–H and O–H groups in total. The average Bonchev–Trinajstić information content (AvgIpc) is 2.58. The molecule has 0 atom stereocenters. The van der Waals surface area contributed by atoms with Gasteiger partial charge in [-0.25, -0.2) is 4.68 Å². The van der Waals surface area contributed by atoms with Crippen LogP contribution in [0.4, 0.5) is 0 Å². The van der Waals surface area contributed by atoms with Gasteiger partial charge in [-0.3, -0.25) is 4.99 Å². The number of rotatable bonds is 3. The molecule has 16 heavy (non-hydrogen) atoms. The summed E-state index contributed by atoms with van der Waals surface area (Å²) in [6, 6.07) is 0. The summed E-state index contributed by atoms with van der Waals surface area (Å²) in [6.45, 7) is 5.73. The Morgan fingerprint density at radius 1 is 1.38 bits per heavy atom. The van der Waals surface area contributed by atoms with Gasteiger partial charge in [0.05, 0.1) is 5.57 Å². The van der Waals surface area contributed by atoms with E-state index in [1.165, 1.54) is 0 Å². The molecule has 0 aliphatic rings. The summed E-state index contributed by atoms with van der Waals surface area (Å²) in [4.78, 5) is 4.16. The highest BCUT2D eigenvalue weighted by Gasteiger charge is 2.08. The van der Waals surface area contributed by atoms with Gasteiger partial charge in [-0.1, -0.05) is 5.57 Å². The van der Waals surface area contributed by atoms with Crippen LogP contribution in [0.3, 0.4) is 0 Å². The molecule has 0 unspecified atom stereocenters. The molecule has 0 spiro atoms. The third-order valence-electron chi connectivity index (χ3n) is 1.82. The van der Waals surface area contributed by atoms with E-state index in [1.807, 2.05) is 13.8 Å². The Bertz CT molecular complexity index is 444. The normalized spacial score (nSPS) is 12.8. The number of aliphatic imine (C=N–C) groups is 1. The maximum absolute atomic E-state index is 5.77. The minimum atomic E-state index is 0.603. The third-order valence-corrected chi connectivity index (χ3v) is 1.82. The minimum absolute atomic E-state index is 0.603. The van der Waals surface area contributed by atoms with Crippen LogP contribution in [0.25, 0.3) is 5.57 Å². The summed E-state index contributed by atoms with van der Waals surface area (Å²) in [5, 5.41) is 11.2. The Kier molecular flexibility index (Phi) is 3.93. The second-order valence-electron chi connectivity index (χ2n) is 3.71. The molecule has 6 heteroatoms. The number of nitrogens with two attached hydrogens (primary N) is 1. The van der Waals surface area contributed by atoms with Gasteiger partial charge >= 0.3 is 0 Å². The van der Waals surface area contributed by atoms with E-state index in [0.717, 1.165) is 11.1 Å². The van der Waals surface area contributed by atoms with Crippen molar-refractivity contribution in [2.45, 2.75) is 20.8 Å². The van der Waals surface area contributed by atoms with Crippen molar-refractivity contribution in [1.82, 2.24) is 20.2 Å². The first-order chi connectivity index (χ1) is 7.52. The molecule has 86 valence electrons. The van der Waals surface area contributed by atoms with E-state index in [9.17, 15) is 0 Å². The molecule has 0 radical (unpaired) electrons. The number of hydrogen-bond donors (Lipinski definition) is 1. The zero-order valence-corrected chi connectivity index (χ0v) is 9.97. The fourth-order valence-electron chi connectivity index (χ4n) is 1.05. The van der Waals surface area contributed by atoms with Crippen molar-refractivity contribution < 1.29 is 0 Å². The maximum Gasteiger partial charge on any atom is 0.185 e. The molecule has 0 bridgehead atoms. The monoisotopic (exact) mass is 220 g/mol. The van der Waals surface area contributed by atoms with Crippen LogP contribution in [0.2, 0.25) is 0 Å². The molecule has 1 aromatic heterocycles. The average molecular weight is 220 g/mol. The molecule has 0 amide bonds. The van der Waals surface area contributed by atoms with E-state index in [4.69, 9.17) is 5.73 Å². The quantitative estimate of drug-likeness (QED) is 0.767. The number of allylic oxidation sites excluding steroid dienone is 3. The lowest BCUT2D eigenvalue weighted by Gasteiger charge is -2.01. The van der Waals surface area contributed by atoms with E-state index in [2.05, 4.69) is 20.5 Å². The van der Waals surface area contributed by atoms with Crippen molar-refractivity contribution in [3.63, 3.8) is 0 Å². The second kappa shape index (κ2) is 5.20. The molecule has 1 heterocycles. The van der Waals surface area contributed by atoms with Gasteiger partial charge in [0.15, 0.2) is 5.82 Å². The summed E-state index contributed by atoms with van der Waals surface area (Å²) in [5.41, 5.74) is 8.24. The predicted octanol–water partition coefficient (Wildman–Crippen LogP) is 0.894. The van der Waals surface area contributed by atoms with Gasteiger partial charge < -0.3 is 5.73 Å². The Labute approximate surface area is 94.6 Å². The number of hydrogen-bond acceptors (Lipinski definition) is 5. The smallest absolute Gasteiger partial charge is 0.185 e. The zero-order chi connectivity index (χ0) is 12.1. The van der Waals surface area contributed by atoms with Gasteiger partial charge in [0.1, 0.15) is 0 Å². The van der Waals surface area contributed by atoms with Crippen LogP contribution >= 0.6 is 0 Å². The molecule has 1 aromatic rings. The summed E-state index contributed by atoms with van der Waals surface area (Å²) in [7, 11) is 1.76. The Hall–Kier alpha value is -1.98. The Morgan fingerprint density at radius 3 is 2.50 bits per heavy atom. The SMILES string of the molecule is CC(C)=CN=C/C(=C(/C)N)c1nnnn1C. The second-order valence-corrected chi connectivity index (χ2v) is 3.71. The van der Waals surface area contributed by atoms with Gasteiger partial charge in [-0.05, 0) is 31.2 Å². The van der Waals surface area contributed by atoms with E-state index in [-0.39, 0.29) is 0 Å². The highest BCUT2D eigenvalue weighted by Crippen LogP contribution is 2.09. The van der Waals surface area contributed by atoms with Crippen LogP contribution in [0.15, 0.2) is 22.5 Å². The van der Waals surface area contributed by atoms with Crippen LogP contribution < -0.4 is 5.73 Å². The first-order valence-corrected chi connectivity index (χ1v) is 4.88. The molecular weight excluding hydrogens is 204 g/mol. The van der Waals surface area contributed by atoms with Crippen LogP contribution in [0.1, 0.15) is 26.6 Å². The Morgan fingerprint density at radius 2 is 2.06 bits per heavy atom. The molecule has 0 saturated heterocycles. The van der Waals surface area contributed by atoms with Crippen LogP contribution in [0, 0.1) is 0 Å². The van der Waals surface area contributed by atoms with E-state index in [1.54, 1.807) is 31.1 Å². The standard InChI is InChI=1S/C10H16N6/c1-7(2)5-12-6-9(8(3)11)10-13-14-15-16(10)4/h5-6H,11H2,1-4H3/b9-8+,12-6?. The lowest BCUT2D eigenvalue weighted by Crippen LogP contribution is -2.05. The molecule has 0 saturated carbocycles. The van der Waals surface area contributed by atoms with Gasteiger partial charge in [0.25, 0.3) is 0 Å². The van der Waals surface area contributed by atoms with Crippen molar-refractivity contribution >= 4 is 11.8 Å². The highest BCUT2D eigenvalue weighted by molar-refractivity contribution is 6.09. The van der Waals surface area contributed by atoms with E-state index >= 15 is 0 Å². The molecular formula is C10H16N6. The number of nitrogens with zero attached hydrogens (tertiary/aromatic N) is 5. The van der Waals surface area contributed by atoms with Crippen LogP contribution in [-0.2, 0) is 7.05 Å². The minimum Gasteiger partial charge on any atom is -0.402 e. The Balaban J connectivity index is 3.05. The summed E-state index contributed by atoms with van der Waals surface area (Å²) in [6.07, 6.45) is 3.42. The van der Waals surface area contributed by atoms with Crippen molar-refractivity contribution in [1.29, 1.82) is 0 Å². The molecule has 0 aromatic carbocycles. The largest absolute Gasteiger partial charge is 0.402 e. The fourth-order valence-corrected chi connectivity index (χ4v) is 1.05. The first kappa shape index (κ1) is 12.1. The van der Waals surface area contributed by atoms with E-state index < -0.39 is 0 Å². The summed E-state index contributed by atoms with van der Waals surface area (Å²) in [5.74, 6) is 0.603.